The number of benzene rings is 1. The quantitative estimate of drug-likeness (QED) is 0.835. The maximum absolute atomic E-state index is 12.2. The number of rotatable bonds is 6. The summed E-state index contributed by atoms with van der Waals surface area (Å²) in [5.41, 5.74) is 0.409. The Hall–Kier alpha value is -2.08. The van der Waals surface area contributed by atoms with Crippen LogP contribution in [0.3, 0.4) is 0 Å². The lowest BCUT2D eigenvalue weighted by molar-refractivity contribution is -0.142. The summed E-state index contributed by atoms with van der Waals surface area (Å²) in [7, 11) is 0. The summed E-state index contributed by atoms with van der Waals surface area (Å²) in [4.78, 5) is 23.6. The van der Waals surface area contributed by atoms with E-state index in [0.29, 0.717) is 31.1 Å². The fourth-order valence-corrected chi connectivity index (χ4v) is 2.50. The Labute approximate surface area is 129 Å². The molecule has 22 heavy (non-hydrogen) atoms. The maximum Gasteiger partial charge on any atom is 0.326 e. The molecule has 120 valence electrons. The molecule has 2 atom stereocenters. The zero-order valence-electron chi connectivity index (χ0n) is 12.6. The van der Waals surface area contributed by atoms with Gasteiger partial charge < -0.3 is 19.9 Å². The standard InChI is InChI=1S/C16H21NO5/c1-2-22-13-7-5-11(6-8-13)15(18)17-14(16(19)20)12-4-3-9-21-10-12/h5-8,12,14H,2-4,9-10H2,1H3,(H,17,18)(H,19,20). The Morgan fingerprint density at radius 2 is 2.14 bits per heavy atom. The van der Waals surface area contributed by atoms with Crippen LogP contribution in [0.5, 0.6) is 5.75 Å². The molecule has 0 aliphatic carbocycles. The lowest BCUT2D eigenvalue weighted by Crippen LogP contribution is -2.48. The van der Waals surface area contributed by atoms with Crippen molar-refractivity contribution in [3.63, 3.8) is 0 Å². The summed E-state index contributed by atoms with van der Waals surface area (Å²) in [6, 6.07) is 5.70. The van der Waals surface area contributed by atoms with E-state index < -0.39 is 17.9 Å². The number of ether oxygens (including phenoxy) is 2. The van der Waals surface area contributed by atoms with Gasteiger partial charge in [0.2, 0.25) is 0 Å². The van der Waals surface area contributed by atoms with Crippen molar-refractivity contribution < 1.29 is 24.2 Å². The van der Waals surface area contributed by atoms with Crippen LogP contribution in [0, 0.1) is 5.92 Å². The Morgan fingerprint density at radius 3 is 2.68 bits per heavy atom. The molecule has 0 aromatic heterocycles. The van der Waals surface area contributed by atoms with Gasteiger partial charge in [0.1, 0.15) is 11.8 Å². The van der Waals surface area contributed by atoms with Gasteiger partial charge in [-0.1, -0.05) is 0 Å². The summed E-state index contributed by atoms with van der Waals surface area (Å²) in [5, 5.41) is 11.9. The Balaban J connectivity index is 2.02. The minimum absolute atomic E-state index is 0.196. The van der Waals surface area contributed by atoms with Crippen molar-refractivity contribution in [2.75, 3.05) is 19.8 Å². The molecule has 0 bridgehead atoms. The van der Waals surface area contributed by atoms with E-state index in [1.807, 2.05) is 6.92 Å². The van der Waals surface area contributed by atoms with Crippen molar-refractivity contribution in [1.82, 2.24) is 5.32 Å². The van der Waals surface area contributed by atoms with E-state index in [1.165, 1.54) is 0 Å². The molecule has 1 fully saturated rings. The molecule has 0 spiro atoms. The zero-order valence-corrected chi connectivity index (χ0v) is 12.6. The minimum atomic E-state index is -1.03. The van der Waals surface area contributed by atoms with Crippen LogP contribution in [0.25, 0.3) is 0 Å². The summed E-state index contributed by atoms with van der Waals surface area (Å²) in [5.74, 6) is -0.955. The van der Waals surface area contributed by atoms with Crippen molar-refractivity contribution in [3.05, 3.63) is 29.8 Å². The number of hydrogen-bond acceptors (Lipinski definition) is 4. The molecule has 1 aromatic carbocycles. The van der Waals surface area contributed by atoms with Crippen LogP contribution in [-0.4, -0.2) is 42.8 Å². The number of carbonyl (C=O) groups is 2. The average molecular weight is 307 g/mol. The lowest BCUT2D eigenvalue weighted by Gasteiger charge is -2.28. The first kappa shape index (κ1) is 16.3. The number of hydrogen-bond donors (Lipinski definition) is 2. The topological polar surface area (TPSA) is 84.9 Å². The minimum Gasteiger partial charge on any atom is -0.494 e. The highest BCUT2D eigenvalue weighted by Gasteiger charge is 2.31. The molecule has 0 radical (unpaired) electrons. The first-order valence-electron chi connectivity index (χ1n) is 7.46. The number of aliphatic carboxylic acids is 1. The second-order valence-electron chi connectivity index (χ2n) is 5.22. The van der Waals surface area contributed by atoms with E-state index in [-0.39, 0.29) is 5.92 Å². The Morgan fingerprint density at radius 1 is 1.41 bits per heavy atom. The third-order valence-electron chi connectivity index (χ3n) is 3.65. The fourth-order valence-electron chi connectivity index (χ4n) is 2.50. The number of carboxylic acid groups (broad SMARTS) is 1. The summed E-state index contributed by atoms with van der Waals surface area (Å²) >= 11 is 0. The summed E-state index contributed by atoms with van der Waals surface area (Å²) in [6.07, 6.45) is 1.55. The molecule has 2 rings (SSSR count). The van der Waals surface area contributed by atoms with Crippen molar-refractivity contribution in [1.29, 1.82) is 0 Å². The highest BCUT2D eigenvalue weighted by molar-refractivity contribution is 5.96. The van der Waals surface area contributed by atoms with Gasteiger partial charge in [0, 0.05) is 18.1 Å². The molecule has 2 N–H and O–H groups in total. The van der Waals surface area contributed by atoms with Crippen LogP contribution >= 0.6 is 0 Å². The Kier molecular flexibility index (Phi) is 5.77. The number of nitrogens with one attached hydrogen (secondary N) is 1. The van der Waals surface area contributed by atoms with E-state index in [9.17, 15) is 14.7 Å². The first-order chi connectivity index (χ1) is 10.6. The van der Waals surface area contributed by atoms with Crippen LogP contribution in [-0.2, 0) is 9.53 Å². The van der Waals surface area contributed by atoms with Gasteiger partial charge >= 0.3 is 5.97 Å². The van der Waals surface area contributed by atoms with Gasteiger partial charge in [-0.15, -0.1) is 0 Å². The normalized spacial score (nSPS) is 19.2. The van der Waals surface area contributed by atoms with Crippen molar-refractivity contribution in [3.8, 4) is 5.75 Å². The van der Waals surface area contributed by atoms with Crippen LogP contribution in [0.2, 0.25) is 0 Å². The molecule has 6 nitrogen and oxygen atoms in total. The SMILES string of the molecule is CCOc1ccc(C(=O)NC(C(=O)O)C2CCCOC2)cc1. The van der Waals surface area contributed by atoms with E-state index in [1.54, 1.807) is 24.3 Å². The van der Waals surface area contributed by atoms with Gasteiger partial charge in [-0.2, -0.15) is 0 Å². The molecular weight excluding hydrogens is 286 g/mol. The maximum atomic E-state index is 12.2. The fraction of sp³-hybridized carbons (Fsp3) is 0.500. The molecule has 0 saturated carbocycles. The number of amides is 1. The molecule has 6 heteroatoms. The molecule has 1 saturated heterocycles. The monoisotopic (exact) mass is 307 g/mol. The van der Waals surface area contributed by atoms with Crippen molar-refractivity contribution in [2.45, 2.75) is 25.8 Å². The van der Waals surface area contributed by atoms with Gasteiger partial charge in [0.25, 0.3) is 5.91 Å². The van der Waals surface area contributed by atoms with Crippen LogP contribution in [0.15, 0.2) is 24.3 Å². The van der Waals surface area contributed by atoms with E-state index in [0.717, 1.165) is 12.8 Å². The molecular formula is C16H21NO5. The first-order valence-corrected chi connectivity index (χ1v) is 7.46. The van der Waals surface area contributed by atoms with Gasteiger partial charge in [0.15, 0.2) is 0 Å². The second-order valence-corrected chi connectivity index (χ2v) is 5.22. The van der Waals surface area contributed by atoms with Gasteiger partial charge in [0.05, 0.1) is 13.2 Å². The summed E-state index contributed by atoms with van der Waals surface area (Å²) in [6.45, 7) is 3.44. The van der Waals surface area contributed by atoms with Crippen LogP contribution in [0.1, 0.15) is 30.1 Å². The number of carbonyl (C=O) groups excluding carboxylic acids is 1. The third-order valence-corrected chi connectivity index (χ3v) is 3.65. The van der Waals surface area contributed by atoms with Crippen molar-refractivity contribution in [2.24, 2.45) is 5.92 Å². The van der Waals surface area contributed by atoms with Gasteiger partial charge in [-0.25, -0.2) is 4.79 Å². The predicted octanol–water partition coefficient (Wildman–Crippen LogP) is 1.69. The zero-order chi connectivity index (χ0) is 15.9. The molecule has 1 aliphatic heterocycles. The molecule has 1 amide bonds. The van der Waals surface area contributed by atoms with Gasteiger partial charge in [-0.3, -0.25) is 4.79 Å². The van der Waals surface area contributed by atoms with E-state index in [2.05, 4.69) is 5.32 Å². The van der Waals surface area contributed by atoms with Crippen molar-refractivity contribution >= 4 is 11.9 Å². The number of carboxylic acids is 1. The molecule has 1 aromatic rings. The summed E-state index contributed by atoms with van der Waals surface area (Å²) < 4.78 is 10.6. The van der Waals surface area contributed by atoms with Crippen LogP contribution < -0.4 is 10.1 Å². The molecule has 1 heterocycles. The highest BCUT2D eigenvalue weighted by atomic mass is 16.5. The van der Waals surface area contributed by atoms with E-state index in [4.69, 9.17) is 9.47 Å². The predicted molar refractivity (Wildman–Crippen MR) is 80.0 cm³/mol. The molecule has 2 unspecified atom stereocenters. The van der Waals surface area contributed by atoms with Crippen LogP contribution in [0.4, 0.5) is 0 Å². The highest BCUT2D eigenvalue weighted by Crippen LogP contribution is 2.19. The second kappa shape index (κ2) is 7.79. The Bertz CT molecular complexity index is 508. The van der Waals surface area contributed by atoms with Gasteiger partial charge in [-0.05, 0) is 44.0 Å². The average Bonchev–Trinajstić information content (AvgIpc) is 2.54. The lowest BCUT2D eigenvalue weighted by atomic mass is 9.93. The largest absolute Gasteiger partial charge is 0.494 e. The smallest absolute Gasteiger partial charge is 0.326 e. The third kappa shape index (κ3) is 4.21. The molecule has 1 aliphatic rings. The van der Waals surface area contributed by atoms with E-state index >= 15 is 0 Å².